The number of aromatic nitrogens is 1. The fourth-order valence-corrected chi connectivity index (χ4v) is 6.06. The molecule has 1 aliphatic rings. The van der Waals surface area contributed by atoms with Crippen molar-refractivity contribution in [2.24, 2.45) is 0 Å². The standard InChI is InChI=1S/C19H28N4O4S2/c1-14-18(16(3)27-21-14)29(25,26)23-10-5-9-22(11-12-23)15(2)19(24)20-8-7-17-6-4-13-28-17/h4,6,13,15H,5,7-12H2,1-3H3,(H,20,24). The van der Waals surface area contributed by atoms with Gasteiger partial charge in [-0.15, -0.1) is 11.3 Å². The van der Waals surface area contributed by atoms with Crippen LogP contribution in [0.3, 0.4) is 0 Å². The number of rotatable bonds is 7. The molecule has 0 aromatic carbocycles. The SMILES string of the molecule is Cc1noc(C)c1S(=O)(=O)N1CCCN(C(C)C(=O)NCCc2cccs2)CC1. The molecule has 2 aromatic heterocycles. The van der Waals surface area contributed by atoms with Gasteiger partial charge in [0.15, 0.2) is 5.76 Å². The van der Waals surface area contributed by atoms with Crippen molar-refractivity contribution < 1.29 is 17.7 Å². The van der Waals surface area contributed by atoms with Gasteiger partial charge in [-0.2, -0.15) is 4.31 Å². The van der Waals surface area contributed by atoms with Crippen LogP contribution in [0.2, 0.25) is 0 Å². The van der Waals surface area contributed by atoms with E-state index in [-0.39, 0.29) is 16.8 Å². The second kappa shape index (κ2) is 9.38. The van der Waals surface area contributed by atoms with Crippen LogP contribution >= 0.6 is 11.3 Å². The summed E-state index contributed by atoms with van der Waals surface area (Å²) in [7, 11) is -3.66. The van der Waals surface area contributed by atoms with E-state index in [0.29, 0.717) is 50.6 Å². The number of thiophene rings is 1. The average molecular weight is 441 g/mol. The zero-order chi connectivity index (χ0) is 21.0. The summed E-state index contributed by atoms with van der Waals surface area (Å²) in [4.78, 5) is 16.0. The molecule has 1 atom stereocenters. The molecule has 3 rings (SSSR count). The Balaban J connectivity index is 1.56. The number of nitrogens with one attached hydrogen (secondary N) is 1. The molecule has 160 valence electrons. The van der Waals surface area contributed by atoms with Crippen LogP contribution in [0.15, 0.2) is 26.9 Å². The normalized spacial score (nSPS) is 17.8. The Labute approximate surface area is 175 Å². The molecule has 10 heteroatoms. The first kappa shape index (κ1) is 21.9. The molecule has 0 saturated carbocycles. The number of carbonyl (C=O) groups excluding carboxylic acids is 1. The predicted octanol–water partition coefficient (Wildman–Crippen LogP) is 1.80. The molecule has 1 saturated heterocycles. The third-order valence-electron chi connectivity index (χ3n) is 5.23. The molecule has 0 bridgehead atoms. The Kier molecular flexibility index (Phi) is 7.10. The van der Waals surface area contributed by atoms with Gasteiger partial charge in [0, 0.05) is 37.6 Å². The summed E-state index contributed by atoms with van der Waals surface area (Å²) in [6.07, 6.45) is 1.48. The van der Waals surface area contributed by atoms with Gasteiger partial charge in [0.1, 0.15) is 10.6 Å². The summed E-state index contributed by atoms with van der Waals surface area (Å²) in [5, 5.41) is 8.79. The van der Waals surface area contributed by atoms with E-state index in [2.05, 4.69) is 16.5 Å². The van der Waals surface area contributed by atoms with Gasteiger partial charge in [-0.3, -0.25) is 9.69 Å². The topological polar surface area (TPSA) is 95.8 Å². The van der Waals surface area contributed by atoms with E-state index in [1.165, 1.54) is 9.18 Å². The molecule has 1 aliphatic heterocycles. The first-order valence-electron chi connectivity index (χ1n) is 9.78. The first-order valence-corrected chi connectivity index (χ1v) is 12.1. The Bertz CT molecular complexity index is 905. The van der Waals surface area contributed by atoms with Crippen LogP contribution in [0, 0.1) is 13.8 Å². The maximum Gasteiger partial charge on any atom is 0.248 e. The van der Waals surface area contributed by atoms with Crippen LogP contribution in [0.1, 0.15) is 29.7 Å². The molecular formula is C19H28N4O4S2. The van der Waals surface area contributed by atoms with Gasteiger partial charge in [-0.25, -0.2) is 8.42 Å². The largest absolute Gasteiger partial charge is 0.360 e. The number of nitrogens with zero attached hydrogens (tertiary/aromatic N) is 3. The van der Waals surface area contributed by atoms with Gasteiger partial charge in [0.05, 0.1) is 6.04 Å². The minimum Gasteiger partial charge on any atom is -0.360 e. The number of carbonyl (C=O) groups is 1. The van der Waals surface area contributed by atoms with E-state index in [1.807, 2.05) is 23.3 Å². The molecular weight excluding hydrogens is 412 g/mol. The van der Waals surface area contributed by atoms with Crippen molar-refractivity contribution in [3.63, 3.8) is 0 Å². The smallest absolute Gasteiger partial charge is 0.248 e. The molecule has 3 heterocycles. The monoisotopic (exact) mass is 440 g/mol. The number of sulfonamides is 1. The first-order chi connectivity index (χ1) is 13.8. The fourth-order valence-electron chi connectivity index (χ4n) is 3.59. The summed E-state index contributed by atoms with van der Waals surface area (Å²) >= 11 is 1.68. The number of hydrogen-bond acceptors (Lipinski definition) is 7. The molecule has 0 spiro atoms. The van der Waals surface area contributed by atoms with E-state index in [4.69, 9.17) is 4.52 Å². The molecule has 0 aliphatic carbocycles. The fraction of sp³-hybridized carbons (Fsp3) is 0.579. The molecule has 1 N–H and O–H groups in total. The van der Waals surface area contributed by atoms with Gasteiger partial charge >= 0.3 is 0 Å². The highest BCUT2D eigenvalue weighted by Gasteiger charge is 2.33. The second-order valence-electron chi connectivity index (χ2n) is 7.24. The third kappa shape index (κ3) is 5.06. The highest BCUT2D eigenvalue weighted by Crippen LogP contribution is 2.24. The highest BCUT2D eigenvalue weighted by molar-refractivity contribution is 7.89. The van der Waals surface area contributed by atoms with Crippen LogP contribution < -0.4 is 5.32 Å². The lowest BCUT2D eigenvalue weighted by atomic mass is 10.2. The number of hydrogen-bond donors (Lipinski definition) is 1. The molecule has 0 radical (unpaired) electrons. The van der Waals surface area contributed by atoms with Crippen molar-refractivity contribution >= 4 is 27.3 Å². The lowest BCUT2D eigenvalue weighted by Crippen LogP contribution is -2.47. The quantitative estimate of drug-likeness (QED) is 0.705. The Morgan fingerprint density at radius 2 is 2.10 bits per heavy atom. The van der Waals surface area contributed by atoms with Gasteiger partial charge in [0.2, 0.25) is 15.9 Å². The minimum absolute atomic E-state index is 0.0245. The number of aryl methyl sites for hydroxylation is 2. The van der Waals surface area contributed by atoms with E-state index < -0.39 is 10.0 Å². The summed E-state index contributed by atoms with van der Waals surface area (Å²) in [5.41, 5.74) is 0.377. The molecule has 1 amide bonds. The van der Waals surface area contributed by atoms with Crippen molar-refractivity contribution in [3.05, 3.63) is 33.8 Å². The van der Waals surface area contributed by atoms with Gasteiger partial charge in [-0.1, -0.05) is 11.2 Å². The highest BCUT2D eigenvalue weighted by atomic mass is 32.2. The molecule has 8 nitrogen and oxygen atoms in total. The van der Waals surface area contributed by atoms with Crippen LogP contribution in [-0.4, -0.2) is 67.5 Å². The minimum atomic E-state index is -3.66. The Morgan fingerprint density at radius 1 is 1.31 bits per heavy atom. The van der Waals surface area contributed by atoms with Crippen molar-refractivity contribution in [1.82, 2.24) is 19.7 Å². The van der Waals surface area contributed by atoms with Gasteiger partial charge < -0.3 is 9.84 Å². The molecule has 1 unspecified atom stereocenters. The van der Waals surface area contributed by atoms with E-state index in [1.54, 1.807) is 25.2 Å². The molecule has 29 heavy (non-hydrogen) atoms. The lowest BCUT2D eigenvalue weighted by Gasteiger charge is -2.26. The van der Waals surface area contributed by atoms with Crippen LogP contribution in [0.25, 0.3) is 0 Å². The van der Waals surface area contributed by atoms with E-state index >= 15 is 0 Å². The molecule has 2 aromatic rings. The van der Waals surface area contributed by atoms with Gasteiger partial charge in [0.25, 0.3) is 0 Å². The molecule has 1 fully saturated rings. The Hall–Kier alpha value is -1.75. The Morgan fingerprint density at radius 3 is 2.76 bits per heavy atom. The number of amides is 1. The van der Waals surface area contributed by atoms with Crippen LogP contribution in [0.5, 0.6) is 0 Å². The zero-order valence-corrected chi connectivity index (χ0v) is 18.7. The summed E-state index contributed by atoms with van der Waals surface area (Å²) in [5.74, 6) is 0.283. The summed E-state index contributed by atoms with van der Waals surface area (Å²) < 4.78 is 32.6. The van der Waals surface area contributed by atoms with E-state index in [9.17, 15) is 13.2 Å². The summed E-state index contributed by atoms with van der Waals surface area (Å²) in [6.45, 7) is 7.64. The zero-order valence-electron chi connectivity index (χ0n) is 17.1. The van der Waals surface area contributed by atoms with Crippen LogP contribution in [-0.2, 0) is 21.2 Å². The van der Waals surface area contributed by atoms with Crippen molar-refractivity contribution in [3.8, 4) is 0 Å². The van der Waals surface area contributed by atoms with Crippen molar-refractivity contribution in [2.45, 2.75) is 44.6 Å². The van der Waals surface area contributed by atoms with Crippen molar-refractivity contribution in [1.29, 1.82) is 0 Å². The van der Waals surface area contributed by atoms with Crippen molar-refractivity contribution in [2.75, 3.05) is 32.7 Å². The summed E-state index contributed by atoms with van der Waals surface area (Å²) in [6, 6.07) is 3.76. The lowest BCUT2D eigenvalue weighted by molar-refractivity contribution is -0.125. The third-order valence-corrected chi connectivity index (χ3v) is 8.31. The van der Waals surface area contributed by atoms with Gasteiger partial charge in [-0.05, 0) is 45.1 Å². The second-order valence-corrected chi connectivity index (χ2v) is 10.2. The van der Waals surface area contributed by atoms with Crippen LogP contribution in [0.4, 0.5) is 0 Å². The predicted molar refractivity (Wildman–Crippen MR) is 111 cm³/mol. The van der Waals surface area contributed by atoms with E-state index in [0.717, 1.165) is 6.42 Å². The average Bonchev–Trinajstić information content (AvgIpc) is 3.23. The maximum atomic E-state index is 13.0. The maximum absolute atomic E-state index is 13.0.